The number of nitrogens with two attached hydrogens (primary N) is 1. The first-order chi connectivity index (χ1) is 8.28. The molecule has 0 radical (unpaired) electrons. The van der Waals surface area contributed by atoms with Crippen LogP contribution >= 0.6 is 12.2 Å². The number of benzene rings is 1. The van der Waals surface area contributed by atoms with Gasteiger partial charge in [0.25, 0.3) is 0 Å². The molecule has 0 aromatic heterocycles. The van der Waals surface area contributed by atoms with Crippen LogP contribution in [0.4, 0.5) is 4.79 Å². The van der Waals surface area contributed by atoms with E-state index in [4.69, 9.17) is 18.0 Å². The second kappa shape index (κ2) is 5.82. The van der Waals surface area contributed by atoms with Crippen molar-refractivity contribution < 1.29 is 4.79 Å². The normalized spacial score (nSPS) is 10.8. The minimum Gasteiger partial charge on any atom is -0.389 e. The molecule has 0 spiro atoms. The van der Waals surface area contributed by atoms with Crippen LogP contribution < -0.4 is 16.4 Å². The molecule has 1 aromatic rings. The van der Waals surface area contributed by atoms with E-state index in [1.165, 1.54) is 0 Å². The van der Waals surface area contributed by atoms with Crippen molar-refractivity contribution in [1.82, 2.24) is 10.6 Å². The van der Waals surface area contributed by atoms with Crippen molar-refractivity contribution in [1.29, 1.82) is 0 Å². The molecule has 0 fully saturated rings. The zero-order valence-electron chi connectivity index (χ0n) is 10.9. The number of urea groups is 1. The molecular weight excluding hydrogens is 246 g/mol. The third-order valence-corrected chi connectivity index (χ3v) is 2.42. The van der Waals surface area contributed by atoms with E-state index in [0.717, 1.165) is 11.1 Å². The van der Waals surface area contributed by atoms with Gasteiger partial charge in [0.2, 0.25) is 0 Å². The third kappa shape index (κ3) is 5.14. The fourth-order valence-electron chi connectivity index (χ4n) is 1.35. The number of hydrogen-bond donors (Lipinski definition) is 3. The molecule has 0 bridgehead atoms. The molecule has 0 heterocycles. The Morgan fingerprint density at radius 1 is 1.28 bits per heavy atom. The molecular formula is C13H19N3OS. The number of thiocarbonyl (C=S) groups is 1. The third-order valence-electron chi connectivity index (χ3n) is 2.18. The molecule has 1 aromatic carbocycles. The van der Waals surface area contributed by atoms with E-state index >= 15 is 0 Å². The van der Waals surface area contributed by atoms with Gasteiger partial charge in [0.15, 0.2) is 0 Å². The Labute approximate surface area is 113 Å². The van der Waals surface area contributed by atoms with Crippen LogP contribution in [0.15, 0.2) is 24.3 Å². The van der Waals surface area contributed by atoms with Crippen molar-refractivity contribution in [3.8, 4) is 0 Å². The Kier molecular flexibility index (Phi) is 4.67. The van der Waals surface area contributed by atoms with Gasteiger partial charge in [0, 0.05) is 17.6 Å². The molecule has 5 heteroatoms. The summed E-state index contributed by atoms with van der Waals surface area (Å²) in [6, 6.07) is 7.31. The quantitative estimate of drug-likeness (QED) is 0.731. The summed E-state index contributed by atoms with van der Waals surface area (Å²) >= 11 is 4.87. The number of rotatable bonds is 3. The predicted molar refractivity (Wildman–Crippen MR) is 77.5 cm³/mol. The summed E-state index contributed by atoms with van der Waals surface area (Å²) in [7, 11) is 0. The van der Waals surface area contributed by atoms with E-state index in [1.54, 1.807) is 0 Å². The van der Waals surface area contributed by atoms with E-state index in [2.05, 4.69) is 10.6 Å². The lowest BCUT2D eigenvalue weighted by Crippen LogP contribution is -2.46. The van der Waals surface area contributed by atoms with Crippen molar-refractivity contribution in [3.63, 3.8) is 0 Å². The van der Waals surface area contributed by atoms with Crippen molar-refractivity contribution >= 4 is 23.2 Å². The first kappa shape index (κ1) is 14.4. The highest BCUT2D eigenvalue weighted by Crippen LogP contribution is 2.04. The maximum Gasteiger partial charge on any atom is 0.315 e. The van der Waals surface area contributed by atoms with Crippen LogP contribution in [-0.2, 0) is 6.54 Å². The minimum atomic E-state index is -0.236. The van der Waals surface area contributed by atoms with Gasteiger partial charge in [-0.3, -0.25) is 0 Å². The first-order valence-corrected chi connectivity index (χ1v) is 6.13. The first-order valence-electron chi connectivity index (χ1n) is 5.73. The monoisotopic (exact) mass is 265 g/mol. The summed E-state index contributed by atoms with van der Waals surface area (Å²) in [5.74, 6) is 0. The number of carbonyl (C=O) groups excluding carboxylic acids is 1. The molecule has 0 aliphatic carbocycles. The maximum atomic E-state index is 11.5. The highest BCUT2D eigenvalue weighted by molar-refractivity contribution is 7.80. The molecule has 98 valence electrons. The minimum absolute atomic E-state index is 0.180. The average molecular weight is 265 g/mol. The lowest BCUT2D eigenvalue weighted by Gasteiger charge is -2.20. The van der Waals surface area contributed by atoms with Gasteiger partial charge in [0.1, 0.15) is 4.99 Å². The topological polar surface area (TPSA) is 67.2 Å². The van der Waals surface area contributed by atoms with Gasteiger partial charge in [-0.25, -0.2) is 4.79 Å². The Morgan fingerprint density at radius 2 is 1.83 bits per heavy atom. The van der Waals surface area contributed by atoms with Gasteiger partial charge in [-0.2, -0.15) is 0 Å². The summed E-state index contributed by atoms with van der Waals surface area (Å²) in [4.78, 5) is 11.9. The number of carbonyl (C=O) groups is 1. The molecule has 0 saturated heterocycles. The number of amides is 2. The summed E-state index contributed by atoms with van der Waals surface area (Å²) in [5, 5.41) is 5.62. The Bertz CT molecular complexity index is 435. The molecule has 0 saturated carbocycles. The molecule has 4 nitrogen and oxygen atoms in total. The van der Waals surface area contributed by atoms with E-state index in [9.17, 15) is 4.79 Å². The summed E-state index contributed by atoms with van der Waals surface area (Å²) in [6.07, 6.45) is 0. The van der Waals surface area contributed by atoms with E-state index < -0.39 is 0 Å². The largest absolute Gasteiger partial charge is 0.389 e. The molecule has 2 amide bonds. The van der Waals surface area contributed by atoms with Gasteiger partial charge in [0.05, 0.1) is 0 Å². The summed E-state index contributed by atoms with van der Waals surface area (Å²) in [6.45, 7) is 6.27. The van der Waals surface area contributed by atoms with Gasteiger partial charge < -0.3 is 16.4 Å². The predicted octanol–water partition coefficient (Wildman–Crippen LogP) is 1.92. The average Bonchev–Trinajstić information content (AvgIpc) is 2.24. The number of hydrogen-bond acceptors (Lipinski definition) is 2. The standard InChI is InChI=1S/C13H19N3OS/c1-13(2,3)16-12(17)15-8-9-4-6-10(7-5-9)11(14)18/h4-7H,8H2,1-3H3,(H2,14,18)(H2,15,16,17). The number of nitrogens with one attached hydrogen (secondary N) is 2. The van der Waals surface area contributed by atoms with Crippen LogP contribution in [0.2, 0.25) is 0 Å². The maximum absolute atomic E-state index is 11.5. The van der Waals surface area contributed by atoms with Crippen LogP contribution in [0.25, 0.3) is 0 Å². The fraction of sp³-hybridized carbons (Fsp3) is 0.385. The lowest BCUT2D eigenvalue weighted by molar-refractivity contribution is 0.231. The van der Waals surface area contributed by atoms with Crippen molar-refractivity contribution in [3.05, 3.63) is 35.4 Å². The SMILES string of the molecule is CC(C)(C)NC(=O)NCc1ccc(C(N)=S)cc1. The summed E-state index contributed by atoms with van der Waals surface area (Å²) < 4.78 is 0. The van der Waals surface area contributed by atoms with Crippen LogP contribution in [-0.4, -0.2) is 16.6 Å². The summed E-state index contributed by atoms with van der Waals surface area (Å²) in [5.41, 5.74) is 7.10. The highest BCUT2D eigenvalue weighted by atomic mass is 32.1. The lowest BCUT2D eigenvalue weighted by atomic mass is 10.1. The van der Waals surface area contributed by atoms with Gasteiger partial charge in [-0.15, -0.1) is 0 Å². The molecule has 0 aliphatic heterocycles. The Morgan fingerprint density at radius 3 is 2.28 bits per heavy atom. The highest BCUT2D eigenvalue weighted by Gasteiger charge is 2.12. The Balaban J connectivity index is 2.49. The van der Waals surface area contributed by atoms with Crippen molar-refractivity contribution in [2.24, 2.45) is 5.73 Å². The zero-order valence-corrected chi connectivity index (χ0v) is 11.7. The molecule has 1 rings (SSSR count). The van der Waals surface area contributed by atoms with Crippen LogP contribution in [0, 0.1) is 0 Å². The zero-order chi connectivity index (χ0) is 13.8. The van der Waals surface area contributed by atoms with Crippen molar-refractivity contribution in [2.75, 3.05) is 0 Å². The fourth-order valence-corrected chi connectivity index (χ4v) is 1.49. The second-order valence-electron chi connectivity index (χ2n) is 5.12. The molecule has 4 N–H and O–H groups in total. The second-order valence-corrected chi connectivity index (χ2v) is 5.56. The molecule has 18 heavy (non-hydrogen) atoms. The molecule has 0 atom stereocenters. The van der Waals surface area contributed by atoms with Crippen LogP contribution in [0.5, 0.6) is 0 Å². The van der Waals surface area contributed by atoms with Crippen LogP contribution in [0.1, 0.15) is 31.9 Å². The van der Waals surface area contributed by atoms with Crippen LogP contribution in [0.3, 0.4) is 0 Å². The van der Waals surface area contributed by atoms with E-state index in [1.807, 2.05) is 45.0 Å². The molecule has 0 unspecified atom stereocenters. The van der Waals surface area contributed by atoms with Gasteiger partial charge in [-0.05, 0) is 26.3 Å². The van der Waals surface area contributed by atoms with Gasteiger partial charge in [-0.1, -0.05) is 36.5 Å². The molecule has 0 aliphatic rings. The van der Waals surface area contributed by atoms with E-state index in [0.29, 0.717) is 11.5 Å². The van der Waals surface area contributed by atoms with Gasteiger partial charge >= 0.3 is 6.03 Å². The van der Waals surface area contributed by atoms with Crippen molar-refractivity contribution in [2.45, 2.75) is 32.9 Å². The smallest absolute Gasteiger partial charge is 0.315 e. The Hall–Kier alpha value is -1.62. The van der Waals surface area contributed by atoms with E-state index in [-0.39, 0.29) is 11.6 Å².